The van der Waals surface area contributed by atoms with Gasteiger partial charge in [-0.1, -0.05) is 23.7 Å². The predicted octanol–water partition coefficient (Wildman–Crippen LogP) is 3.25. The van der Waals surface area contributed by atoms with Gasteiger partial charge in [-0.25, -0.2) is 4.68 Å². The molecule has 1 aromatic heterocycles. The molecule has 0 radical (unpaired) electrons. The molecule has 4 rings (SSSR count). The smallest absolute Gasteiger partial charge is 0.278 e. The van der Waals surface area contributed by atoms with E-state index in [4.69, 9.17) is 16.3 Å². The lowest BCUT2D eigenvalue weighted by molar-refractivity contribution is -0.143. The number of amides is 2. The zero-order valence-corrected chi connectivity index (χ0v) is 15.0. The first-order chi connectivity index (χ1) is 13.0. The van der Waals surface area contributed by atoms with E-state index in [2.05, 4.69) is 15.7 Å². The van der Waals surface area contributed by atoms with E-state index in [0.717, 1.165) is 5.69 Å². The van der Waals surface area contributed by atoms with Crippen molar-refractivity contribution >= 4 is 34.8 Å². The van der Waals surface area contributed by atoms with E-state index in [0.29, 0.717) is 22.1 Å². The van der Waals surface area contributed by atoms with Crippen LogP contribution in [0.2, 0.25) is 5.02 Å². The van der Waals surface area contributed by atoms with Gasteiger partial charge in [0, 0.05) is 11.9 Å². The van der Waals surface area contributed by atoms with Crippen LogP contribution >= 0.6 is 11.6 Å². The van der Waals surface area contributed by atoms with Crippen LogP contribution in [0.5, 0.6) is 5.75 Å². The van der Waals surface area contributed by atoms with Gasteiger partial charge in [0.2, 0.25) is 0 Å². The minimum Gasteiger partial charge on any atom is -0.466 e. The molecule has 0 spiro atoms. The number of fused-ring (bicyclic) bond motifs is 1. The molecule has 0 bridgehead atoms. The fraction of sp³-hybridized carbons (Fsp3) is 0.105. The topological polar surface area (TPSA) is 85.2 Å². The van der Waals surface area contributed by atoms with Crippen LogP contribution in [-0.2, 0) is 9.59 Å². The zero-order chi connectivity index (χ0) is 19.0. The first-order valence-electron chi connectivity index (χ1n) is 8.17. The highest BCUT2D eigenvalue weighted by Gasteiger charge is 2.47. The van der Waals surface area contributed by atoms with Crippen molar-refractivity contribution < 1.29 is 14.3 Å². The molecule has 0 aliphatic carbocycles. The van der Waals surface area contributed by atoms with Crippen molar-refractivity contribution in [3.8, 4) is 11.4 Å². The van der Waals surface area contributed by atoms with Gasteiger partial charge < -0.3 is 15.4 Å². The van der Waals surface area contributed by atoms with Crippen LogP contribution in [-0.4, -0.2) is 27.2 Å². The van der Waals surface area contributed by atoms with Crippen LogP contribution in [0.25, 0.3) is 5.69 Å². The molecule has 7 nitrogen and oxygen atoms in total. The maximum absolute atomic E-state index is 12.7. The number of hydrogen-bond acceptors (Lipinski definition) is 4. The Morgan fingerprint density at radius 3 is 2.67 bits per heavy atom. The lowest BCUT2D eigenvalue weighted by Crippen LogP contribution is -2.56. The van der Waals surface area contributed by atoms with Gasteiger partial charge in [0.1, 0.15) is 5.75 Å². The number of rotatable bonds is 3. The fourth-order valence-corrected chi connectivity index (χ4v) is 2.84. The Labute approximate surface area is 159 Å². The highest BCUT2D eigenvalue weighted by Crippen LogP contribution is 2.33. The normalized spacial score (nSPS) is 18.2. The largest absolute Gasteiger partial charge is 0.466 e. The number of carbonyl (C=O) groups is 2. The minimum absolute atomic E-state index is 0.445. The van der Waals surface area contributed by atoms with E-state index in [1.807, 2.05) is 0 Å². The lowest BCUT2D eigenvalue weighted by atomic mass is 10.0. The Morgan fingerprint density at radius 1 is 1.22 bits per heavy atom. The fourth-order valence-electron chi connectivity index (χ4n) is 2.71. The molecule has 1 unspecified atom stereocenters. The van der Waals surface area contributed by atoms with Crippen molar-refractivity contribution in [3.05, 3.63) is 65.9 Å². The van der Waals surface area contributed by atoms with Gasteiger partial charge >= 0.3 is 0 Å². The van der Waals surface area contributed by atoms with Crippen molar-refractivity contribution in [1.82, 2.24) is 9.78 Å². The number of nitrogens with zero attached hydrogens (tertiary/aromatic N) is 2. The summed E-state index contributed by atoms with van der Waals surface area (Å²) in [4.78, 5) is 25.2. The first-order valence-corrected chi connectivity index (χ1v) is 8.55. The molecule has 1 aliphatic rings. The molecule has 2 heterocycles. The van der Waals surface area contributed by atoms with E-state index >= 15 is 0 Å². The van der Waals surface area contributed by atoms with Crippen molar-refractivity contribution in [2.45, 2.75) is 12.5 Å². The number of anilines is 2. The van der Waals surface area contributed by atoms with Crippen LogP contribution in [0.15, 0.2) is 60.9 Å². The van der Waals surface area contributed by atoms with E-state index in [-0.39, 0.29) is 0 Å². The SMILES string of the molecule is CC1(C(=O)Nc2ccc(-n3cc(Cl)cn3)cc2)Oc2ccccc2NC1=O. The van der Waals surface area contributed by atoms with E-state index in [9.17, 15) is 9.59 Å². The summed E-state index contributed by atoms with van der Waals surface area (Å²) in [6, 6.07) is 13.9. The summed E-state index contributed by atoms with van der Waals surface area (Å²) < 4.78 is 7.32. The standard InChI is InChI=1S/C19H15ClN4O3/c1-19(18(26)23-15-4-2-3-5-16(15)27-19)17(25)22-13-6-8-14(9-7-13)24-11-12(20)10-21-24/h2-11H,1H3,(H,22,25)(H,23,26). The third kappa shape index (κ3) is 3.13. The molecule has 1 atom stereocenters. The summed E-state index contributed by atoms with van der Waals surface area (Å²) in [6.45, 7) is 1.44. The molecule has 27 heavy (non-hydrogen) atoms. The molecular weight excluding hydrogens is 368 g/mol. The maximum Gasteiger partial charge on any atom is 0.278 e. The van der Waals surface area contributed by atoms with Gasteiger partial charge in [-0.15, -0.1) is 0 Å². The third-order valence-corrected chi connectivity index (χ3v) is 4.45. The quantitative estimate of drug-likeness (QED) is 0.681. The first kappa shape index (κ1) is 17.1. The van der Waals surface area contributed by atoms with E-state index < -0.39 is 17.4 Å². The molecule has 3 aromatic rings. The Balaban J connectivity index is 1.52. The molecule has 2 amide bonds. The predicted molar refractivity (Wildman–Crippen MR) is 101 cm³/mol. The zero-order valence-electron chi connectivity index (χ0n) is 14.3. The number of benzene rings is 2. The number of halogens is 1. The van der Waals surface area contributed by atoms with E-state index in [1.54, 1.807) is 59.4 Å². The molecule has 0 fully saturated rings. The third-order valence-electron chi connectivity index (χ3n) is 4.26. The van der Waals surface area contributed by atoms with Gasteiger partial charge in [0.05, 0.1) is 22.6 Å². The molecule has 0 saturated heterocycles. The van der Waals surface area contributed by atoms with Crippen molar-refractivity contribution in [2.75, 3.05) is 10.6 Å². The number of carbonyl (C=O) groups excluding carboxylic acids is 2. The number of para-hydroxylation sites is 2. The molecule has 1 aliphatic heterocycles. The Bertz CT molecular complexity index is 1030. The van der Waals surface area contributed by atoms with Gasteiger partial charge in [0.25, 0.3) is 17.4 Å². The van der Waals surface area contributed by atoms with Crippen molar-refractivity contribution in [3.63, 3.8) is 0 Å². The molecule has 8 heteroatoms. The minimum atomic E-state index is -1.68. The van der Waals surface area contributed by atoms with Crippen LogP contribution < -0.4 is 15.4 Å². The van der Waals surface area contributed by atoms with Crippen molar-refractivity contribution in [2.24, 2.45) is 0 Å². The number of ether oxygens (including phenoxy) is 1. The maximum atomic E-state index is 12.7. The summed E-state index contributed by atoms with van der Waals surface area (Å²) in [5, 5.41) is 10.1. The molecule has 136 valence electrons. The summed E-state index contributed by atoms with van der Waals surface area (Å²) in [7, 11) is 0. The molecular formula is C19H15ClN4O3. The number of nitrogens with one attached hydrogen (secondary N) is 2. The van der Waals surface area contributed by atoms with Gasteiger partial charge in [0.15, 0.2) is 0 Å². The number of hydrogen-bond donors (Lipinski definition) is 2. The Kier molecular flexibility index (Phi) is 4.08. The number of aromatic nitrogens is 2. The summed E-state index contributed by atoms with van der Waals surface area (Å²) in [5.41, 5.74) is 0.169. The van der Waals surface area contributed by atoms with Gasteiger partial charge in [-0.2, -0.15) is 5.10 Å². The highest BCUT2D eigenvalue weighted by molar-refractivity contribution is 6.30. The lowest BCUT2D eigenvalue weighted by Gasteiger charge is -2.33. The van der Waals surface area contributed by atoms with Crippen LogP contribution in [0.1, 0.15) is 6.92 Å². The monoisotopic (exact) mass is 382 g/mol. The molecule has 2 N–H and O–H groups in total. The molecule has 2 aromatic carbocycles. The summed E-state index contributed by atoms with van der Waals surface area (Å²) >= 11 is 5.87. The second-order valence-corrected chi connectivity index (χ2v) is 6.63. The van der Waals surface area contributed by atoms with Crippen LogP contribution in [0, 0.1) is 0 Å². The molecule has 0 saturated carbocycles. The second kappa shape index (κ2) is 6.44. The van der Waals surface area contributed by atoms with Crippen LogP contribution in [0.4, 0.5) is 11.4 Å². The van der Waals surface area contributed by atoms with Crippen LogP contribution in [0.3, 0.4) is 0 Å². The van der Waals surface area contributed by atoms with E-state index in [1.165, 1.54) is 13.1 Å². The Morgan fingerprint density at radius 2 is 1.96 bits per heavy atom. The average Bonchev–Trinajstić information content (AvgIpc) is 3.09. The highest BCUT2D eigenvalue weighted by atomic mass is 35.5. The van der Waals surface area contributed by atoms with Gasteiger partial charge in [-0.3, -0.25) is 9.59 Å². The van der Waals surface area contributed by atoms with Crippen molar-refractivity contribution in [1.29, 1.82) is 0 Å². The average molecular weight is 383 g/mol. The van der Waals surface area contributed by atoms with Gasteiger partial charge in [-0.05, 0) is 43.3 Å². The summed E-state index contributed by atoms with van der Waals surface area (Å²) in [5.74, 6) is -0.647. The summed E-state index contributed by atoms with van der Waals surface area (Å²) in [6.07, 6.45) is 3.21. The second-order valence-electron chi connectivity index (χ2n) is 6.19. The Hall–Kier alpha value is -3.32.